The molecular weight excluding hydrogens is 206 g/mol. The van der Waals surface area contributed by atoms with E-state index in [1.807, 2.05) is 11.8 Å². The van der Waals surface area contributed by atoms with E-state index in [2.05, 4.69) is 16.8 Å². The Morgan fingerprint density at radius 2 is 2.20 bits per heavy atom. The third-order valence-corrected chi connectivity index (χ3v) is 3.89. The van der Waals surface area contributed by atoms with Gasteiger partial charge in [-0.15, -0.1) is 11.8 Å². The lowest BCUT2D eigenvalue weighted by molar-refractivity contribution is 0.362. The maximum atomic E-state index is 5.88. The first-order valence-corrected chi connectivity index (χ1v) is 6.94. The Balaban J connectivity index is 2.50. The third kappa shape index (κ3) is 4.78. The number of rotatable bonds is 0. The Labute approximate surface area is 97.5 Å². The quantitative estimate of drug-likeness (QED) is 0.511. The first kappa shape index (κ1) is 12.7. The Morgan fingerprint density at radius 1 is 1.40 bits per heavy atom. The zero-order valence-electron chi connectivity index (χ0n) is 9.91. The van der Waals surface area contributed by atoms with Gasteiger partial charge in [0.15, 0.2) is 5.96 Å². The van der Waals surface area contributed by atoms with E-state index in [0.717, 1.165) is 18.3 Å². The van der Waals surface area contributed by atoms with Crippen LogP contribution in [0.15, 0.2) is 4.99 Å². The van der Waals surface area contributed by atoms with Crippen molar-refractivity contribution < 1.29 is 0 Å². The highest BCUT2D eigenvalue weighted by molar-refractivity contribution is 7.99. The maximum Gasteiger partial charge on any atom is 0.191 e. The van der Waals surface area contributed by atoms with Crippen molar-refractivity contribution in [1.82, 2.24) is 4.90 Å². The monoisotopic (exact) mass is 229 g/mol. The van der Waals surface area contributed by atoms with E-state index in [9.17, 15) is 0 Å². The summed E-state index contributed by atoms with van der Waals surface area (Å²) in [6.07, 6.45) is 5.40. The lowest BCUT2D eigenvalue weighted by atomic mass is 10.0. The Morgan fingerprint density at radius 3 is 2.93 bits per heavy atom. The van der Waals surface area contributed by atoms with Gasteiger partial charge in [0.2, 0.25) is 0 Å². The molecule has 1 heterocycles. The standard InChI is InChI=1S/C11H23N3S/c1-10-6-4-3-5-7-15-9-14(8-10)11(12)13-2/h10H,3-9H2,1-2H3,(H2,12,13). The number of nitrogens with zero attached hydrogens (tertiary/aromatic N) is 2. The molecule has 15 heavy (non-hydrogen) atoms. The Bertz CT molecular complexity index is 206. The maximum absolute atomic E-state index is 5.88. The third-order valence-electron chi connectivity index (χ3n) is 2.82. The minimum Gasteiger partial charge on any atom is -0.370 e. The second-order valence-electron chi connectivity index (χ2n) is 4.30. The van der Waals surface area contributed by atoms with Crippen molar-refractivity contribution in [1.29, 1.82) is 0 Å². The van der Waals surface area contributed by atoms with E-state index < -0.39 is 0 Å². The highest BCUT2D eigenvalue weighted by atomic mass is 32.2. The summed E-state index contributed by atoms with van der Waals surface area (Å²) >= 11 is 1.97. The van der Waals surface area contributed by atoms with Crippen LogP contribution in [-0.4, -0.2) is 36.1 Å². The molecule has 4 heteroatoms. The predicted molar refractivity (Wildman–Crippen MR) is 69.2 cm³/mol. The summed E-state index contributed by atoms with van der Waals surface area (Å²) in [5, 5.41) is 0. The molecule has 2 N–H and O–H groups in total. The average Bonchev–Trinajstić information content (AvgIpc) is 2.25. The SMILES string of the molecule is CN=C(N)N1CSCCCCCC(C)C1. The predicted octanol–water partition coefficient (Wildman–Crippen LogP) is 2.13. The molecule has 0 aliphatic carbocycles. The smallest absolute Gasteiger partial charge is 0.191 e. The van der Waals surface area contributed by atoms with Crippen LogP contribution in [-0.2, 0) is 0 Å². The van der Waals surface area contributed by atoms with Gasteiger partial charge in [-0.3, -0.25) is 4.99 Å². The van der Waals surface area contributed by atoms with Crippen LogP contribution in [0.25, 0.3) is 0 Å². The topological polar surface area (TPSA) is 41.6 Å². The van der Waals surface area contributed by atoms with Crippen molar-refractivity contribution in [2.45, 2.75) is 32.6 Å². The normalized spacial score (nSPS) is 26.4. The summed E-state index contributed by atoms with van der Waals surface area (Å²) in [5.74, 6) is 3.66. The number of aliphatic imine (C=N–C) groups is 1. The van der Waals surface area contributed by atoms with Crippen LogP contribution in [0.3, 0.4) is 0 Å². The van der Waals surface area contributed by atoms with Gasteiger partial charge >= 0.3 is 0 Å². The van der Waals surface area contributed by atoms with Crippen LogP contribution in [0.4, 0.5) is 0 Å². The van der Waals surface area contributed by atoms with E-state index in [0.29, 0.717) is 5.96 Å². The average molecular weight is 229 g/mol. The number of hydrogen-bond donors (Lipinski definition) is 1. The fourth-order valence-electron chi connectivity index (χ4n) is 1.87. The second-order valence-corrected chi connectivity index (χ2v) is 5.37. The van der Waals surface area contributed by atoms with Crippen LogP contribution in [0.1, 0.15) is 32.6 Å². The largest absolute Gasteiger partial charge is 0.370 e. The zero-order chi connectivity index (χ0) is 11.1. The van der Waals surface area contributed by atoms with E-state index in [1.54, 1.807) is 7.05 Å². The lowest BCUT2D eigenvalue weighted by Gasteiger charge is -2.27. The summed E-state index contributed by atoms with van der Waals surface area (Å²) in [5.41, 5.74) is 5.88. The van der Waals surface area contributed by atoms with Gasteiger partial charge in [-0.2, -0.15) is 0 Å². The molecule has 1 atom stereocenters. The molecule has 1 rings (SSSR count). The molecule has 0 saturated carbocycles. The molecule has 1 fully saturated rings. The number of nitrogens with two attached hydrogens (primary N) is 1. The summed E-state index contributed by atoms with van der Waals surface area (Å²) in [7, 11) is 1.77. The van der Waals surface area contributed by atoms with Gasteiger partial charge in [-0.1, -0.05) is 19.8 Å². The minimum atomic E-state index is 0.690. The van der Waals surface area contributed by atoms with Crippen LogP contribution >= 0.6 is 11.8 Å². The Hall–Kier alpha value is -0.380. The van der Waals surface area contributed by atoms with E-state index in [1.165, 1.54) is 31.4 Å². The van der Waals surface area contributed by atoms with Crippen molar-refractivity contribution in [3.8, 4) is 0 Å². The number of thioether (sulfide) groups is 1. The highest BCUT2D eigenvalue weighted by Gasteiger charge is 2.13. The van der Waals surface area contributed by atoms with Gasteiger partial charge in [0.25, 0.3) is 0 Å². The first-order chi connectivity index (χ1) is 7.24. The molecule has 0 amide bonds. The van der Waals surface area contributed by atoms with E-state index >= 15 is 0 Å². The molecule has 0 aromatic rings. The first-order valence-electron chi connectivity index (χ1n) is 5.79. The highest BCUT2D eigenvalue weighted by Crippen LogP contribution is 2.17. The van der Waals surface area contributed by atoms with Gasteiger partial charge in [0.05, 0.1) is 5.88 Å². The van der Waals surface area contributed by atoms with Gasteiger partial charge in [0.1, 0.15) is 0 Å². The summed E-state index contributed by atoms with van der Waals surface area (Å²) < 4.78 is 0. The van der Waals surface area contributed by atoms with Crippen LogP contribution in [0.5, 0.6) is 0 Å². The van der Waals surface area contributed by atoms with Crippen LogP contribution < -0.4 is 5.73 Å². The summed E-state index contributed by atoms with van der Waals surface area (Å²) in [6, 6.07) is 0. The van der Waals surface area contributed by atoms with Gasteiger partial charge in [-0.05, 0) is 24.5 Å². The lowest BCUT2D eigenvalue weighted by Crippen LogP contribution is -2.40. The molecular formula is C11H23N3S. The fraction of sp³-hybridized carbons (Fsp3) is 0.909. The van der Waals surface area contributed by atoms with Gasteiger partial charge in [0, 0.05) is 13.6 Å². The van der Waals surface area contributed by atoms with Crippen molar-refractivity contribution in [2.24, 2.45) is 16.6 Å². The molecule has 0 aromatic heterocycles. The van der Waals surface area contributed by atoms with E-state index in [4.69, 9.17) is 5.73 Å². The molecule has 1 saturated heterocycles. The van der Waals surface area contributed by atoms with Crippen molar-refractivity contribution in [3.05, 3.63) is 0 Å². The molecule has 0 radical (unpaired) electrons. The molecule has 1 aliphatic heterocycles. The number of hydrogen-bond acceptors (Lipinski definition) is 2. The fourth-order valence-corrected chi connectivity index (χ4v) is 2.87. The molecule has 0 bridgehead atoms. The molecule has 1 aliphatic rings. The molecule has 3 nitrogen and oxygen atoms in total. The molecule has 88 valence electrons. The van der Waals surface area contributed by atoms with Gasteiger partial charge in [-0.25, -0.2) is 0 Å². The van der Waals surface area contributed by atoms with Crippen LogP contribution in [0.2, 0.25) is 0 Å². The van der Waals surface area contributed by atoms with Crippen molar-refractivity contribution >= 4 is 17.7 Å². The molecule has 1 unspecified atom stereocenters. The van der Waals surface area contributed by atoms with E-state index in [-0.39, 0.29) is 0 Å². The van der Waals surface area contributed by atoms with Gasteiger partial charge < -0.3 is 10.6 Å². The van der Waals surface area contributed by atoms with Crippen LogP contribution in [0, 0.1) is 5.92 Å². The Kier molecular flexibility index (Phi) is 5.91. The zero-order valence-corrected chi connectivity index (χ0v) is 10.7. The molecule has 0 aromatic carbocycles. The number of guanidine groups is 1. The van der Waals surface area contributed by atoms with Crippen molar-refractivity contribution in [2.75, 3.05) is 25.2 Å². The summed E-state index contributed by atoms with van der Waals surface area (Å²) in [4.78, 5) is 6.29. The summed E-state index contributed by atoms with van der Waals surface area (Å²) in [6.45, 7) is 3.36. The minimum absolute atomic E-state index is 0.690. The van der Waals surface area contributed by atoms with Crippen molar-refractivity contribution in [3.63, 3.8) is 0 Å². The second kappa shape index (κ2) is 6.99. The molecule has 0 spiro atoms.